The van der Waals surface area contributed by atoms with E-state index in [1.165, 1.54) is 0 Å². The van der Waals surface area contributed by atoms with E-state index in [1.807, 2.05) is 60.7 Å². The highest BCUT2D eigenvalue weighted by Gasteiger charge is 2.16. The molecule has 2 rings (SSSR count). The highest BCUT2D eigenvalue weighted by atomic mass is 32.2. The fourth-order valence-corrected chi connectivity index (χ4v) is 3.29. The number of rotatable bonds is 8. The van der Waals surface area contributed by atoms with E-state index in [0.29, 0.717) is 12.0 Å². The van der Waals surface area contributed by atoms with Crippen LogP contribution in [0.1, 0.15) is 11.1 Å². The smallest absolute Gasteiger partial charge is 0.408 e. The quantitative estimate of drug-likeness (QED) is 0.746. The molecule has 0 saturated carbocycles. The summed E-state index contributed by atoms with van der Waals surface area (Å²) in [6.07, 6.45) is -0.125. The molecular formula is C18H19NO4S. The molecule has 0 heterocycles. The van der Waals surface area contributed by atoms with Gasteiger partial charge in [-0.05, 0) is 11.1 Å². The second kappa shape index (κ2) is 9.62. The van der Waals surface area contributed by atoms with Gasteiger partial charge in [0.05, 0.1) is 11.8 Å². The Labute approximate surface area is 143 Å². The minimum Gasteiger partial charge on any atom is -0.445 e. The Morgan fingerprint density at radius 2 is 1.62 bits per heavy atom. The predicted molar refractivity (Wildman–Crippen MR) is 92.8 cm³/mol. The standard InChI is InChI=1S/C18H19NO4S/c20-11-17(14-24(22)13-16-9-5-2-6-10-16)19-18(21)23-12-15-7-3-1-4-8-15/h1-11,17H,12-14H2,(H,19,21). The van der Waals surface area contributed by atoms with Crippen LogP contribution in [0.5, 0.6) is 0 Å². The van der Waals surface area contributed by atoms with Crippen molar-refractivity contribution in [3.8, 4) is 0 Å². The molecule has 24 heavy (non-hydrogen) atoms. The Kier molecular flexibility index (Phi) is 7.17. The molecule has 0 radical (unpaired) electrons. The lowest BCUT2D eigenvalue weighted by Gasteiger charge is -2.13. The van der Waals surface area contributed by atoms with Gasteiger partial charge in [0.1, 0.15) is 12.9 Å². The second-order valence-corrected chi connectivity index (χ2v) is 6.69. The Morgan fingerprint density at radius 3 is 2.21 bits per heavy atom. The van der Waals surface area contributed by atoms with Gasteiger partial charge in [0.2, 0.25) is 0 Å². The number of nitrogens with one attached hydrogen (secondary N) is 1. The first-order chi connectivity index (χ1) is 11.7. The molecule has 0 fully saturated rings. The van der Waals surface area contributed by atoms with Gasteiger partial charge >= 0.3 is 6.09 Å². The molecule has 0 aromatic heterocycles. The molecular weight excluding hydrogens is 326 g/mol. The number of amides is 1. The van der Waals surface area contributed by atoms with Crippen LogP contribution < -0.4 is 5.32 Å². The number of benzene rings is 2. The van der Waals surface area contributed by atoms with Crippen molar-refractivity contribution in [1.82, 2.24) is 5.32 Å². The second-order valence-electron chi connectivity index (χ2n) is 5.19. The average molecular weight is 345 g/mol. The van der Waals surface area contributed by atoms with Gasteiger partial charge in [0.25, 0.3) is 0 Å². The number of hydrogen-bond donors (Lipinski definition) is 1. The zero-order chi connectivity index (χ0) is 17.2. The maximum Gasteiger partial charge on any atom is 0.408 e. The van der Waals surface area contributed by atoms with E-state index in [-0.39, 0.29) is 12.4 Å². The van der Waals surface area contributed by atoms with Crippen molar-refractivity contribution in [2.75, 3.05) is 5.75 Å². The fraction of sp³-hybridized carbons (Fsp3) is 0.222. The number of ether oxygens (including phenoxy) is 1. The lowest BCUT2D eigenvalue weighted by molar-refractivity contribution is -0.109. The third kappa shape index (κ3) is 6.34. The van der Waals surface area contributed by atoms with Crippen molar-refractivity contribution >= 4 is 23.2 Å². The van der Waals surface area contributed by atoms with Crippen LogP contribution >= 0.6 is 0 Å². The van der Waals surface area contributed by atoms with E-state index in [0.717, 1.165) is 11.1 Å². The summed E-state index contributed by atoms with van der Waals surface area (Å²) in [5.74, 6) is 0.394. The first kappa shape index (κ1) is 17.9. The third-order valence-corrected chi connectivity index (χ3v) is 4.60. The van der Waals surface area contributed by atoms with Crippen molar-refractivity contribution < 1.29 is 18.5 Å². The van der Waals surface area contributed by atoms with E-state index >= 15 is 0 Å². The fourth-order valence-electron chi connectivity index (χ4n) is 2.05. The SMILES string of the molecule is O=CC(CS(=O)Cc1ccccc1)NC(=O)OCc1ccccc1. The number of aldehydes is 1. The first-order valence-corrected chi connectivity index (χ1v) is 8.97. The normalized spacial score (nSPS) is 12.8. The molecule has 2 aromatic carbocycles. The van der Waals surface area contributed by atoms with Crippen LogP contribution in [0.15, 0.2) is 60.7 Å². The van der Waals surface area contributed by atoms with E-state index < -0.39 is 22.9 Å². The lowest BCUT2D eigenvalue weighted by Crippen LogP contribution is -2.40. The van der Waals surface area contributed by atoms with Crippen molar-refractivity contribution in [2.24, 2.45) is 0 Å². The molecule has 1 amide bonds. The summed E-state index contributed by atoms with van der Waals surface area (Å²) >= 11 is 0. The summed E-state index contributed by atoms with van der Waals surface area (Å²) in [5, 5.41) is 2.43. The van der Waals surface area contributed by atoms with Gasteiger partial charge in [0.15, 0.2) is 0 Å². The van der Waals surface area contributed by atoms with E-state index in [9.17, 15) is 13.8 Å². The molecule has 0 saturated heterocycles. The van der Waals surface area contributed by atoms with E-state index in [1.54, 1.807) is 0 Å². The Hall–Kier alpha value is -2.47. The maximum atomic E-state index is 12.1. The van der Waals surface area contributed by atoms with Crippen LogP contribution in [0.3, 0.4) is 0 Å². The molecule has 0 spiro atoms. The molecule has 0 bridgehead atoms. The summed E-state index contributed by atoms with van der Waals surface area (Å²) < 4.78 is 17.2. The Bertz CT molecular complexity index is 676. The summed E-state index contributed by atoms with van der Waals surface area (Å²) in [7, 11) is -1.26. The van der Waals surface area contributed by atoms with Crippen LogP contribution in [0.2, 0.25) is 0 Å². The van der Waals surface area contributed by atoms with Crippen molar-refractivity contribution in [1.29, 1.82) is 0 Å². The van der Waals surface area contributed by atoms with Gasteiger partial charge in [-0.1, -0.05) is 60.7 Å². The minimum absolute atomic E-state index is 0.0544. The molecule has 0 aliphatic carbocycles. The Balaban J connectivity index is 1.77. The van der Waals surface area contributed by atoms with Gasteiger partial charge in [-0.2, -0.15) is 0 Å². The highest BCUT2D eigenvalue weighted by Crippen LogP contribution is 2.04. The molecule has 2 atom stereocenters. The lowest BCUT2D eigenvalue weighted by atomic mass is 10.2. The van der Waals surface area contributed by atoms with Gasteiger partial charge in [-0.3, -0.25) is 4.21 Å². The van der Waals surface area contributed by atoms with Gasteiger partial charge in [-0.25, -0.2) is 4.79 Å². The van der Waals surface area contributed by atoms with Crippen molar-refractivity contribution in [3.05, 3.63) is 71.8 Å². The van der Waals surface area contributed by atoms with Crippen LogP contribution in [-0.2, 0) is 32.7 Å². The minimum atomic E-state index is -1.26. The number of alkyl carbamates (subject to hydrolysis) is 1. The van der Waals surface area contributed by atoms with Gasteiger partial charge < -0.3 is 14.8 Å². The molecule has 0 aliphatic rings. The zero-order valence-electron chi connectivity index (χ0n) is 13.1. The largest absolute Gasteiger partial charge is 0.445 e. The highest BCUT2D eigenvalue weighted by molar-refractivity contribution is 7.84. The summed E-state index contributed by atoms with van der Waals surface area (Å²) in [6, 6.07) is 17.7. The molecule has 0 aliphatic heterocycles. The third-order valence-electron chi connectivity index (χ3n) is 3.22. The van der Waals surface area contributed by atoms with Crippen LogP contribution in [0.4, 0.5) is 4.79 Å². The summed E-state index contributed by atoms with van der Waals surface area (Å²) in [5.41, 5.74) is 1.77. The van der Waals surface area contributed by atoms with Gasteiger partial charge in [-0.15, -0.1) is 0 Å². The van der Waals surface area contributed by atoms with E-state index in [4.69, 9.17) is 4.74 Å². The Morgan fingerprint density at radius 1 is 1.04 bits per heavy atom. The summed E-state index contributed by atoms with van der Waals surface area (Å²) in [6.45, 7) is 0.116. The molecule has 2 unspecified atom stereocenters. The van der Waals surface area contributed by atoms with Crippen LogP contribution in [-0.4, -0.2) is 28.4 Å². The average Bonchev–Trinajstić information content (AvgIpc) is 2.61. The predicted octanol–water partition coefficient (Wildman–Crippen LogP) is 2.43. The first-order valence-electron chi connectivity index (χ1n) is 7.49. The number of carbonyl (C=O) groups is 2. The van der Waals surface area contributed by atoms with Gasteiger partial charge in [0, 0.05) is 16.6 Å². The van der Waals surface area contributed by atoms with Crippen molar-refractivity contribution in [2.45, 2.75) is 18.4 Å². The number of carbonyl (C=O) groups excluding carboxylic acids is 2. The van der Waals surface area contributed by atoms with Crippen LogP contribution in [0, 0.1) is 0 Å². The molecule has 1 N–H and O–H groups in total. The van der Waals surface area contributed by atoms with E-state index in [2.05, 4.69) is 5.32 Å². The molecule has 5 nitrogen and oxygen atoms in total. The molecule has 126 valence electrons. The summed E-state index contributed by atoms with van der Waals surface area (Å²) in [4.78, 5) is 22.8. The van der Waals surface area contributed by atoms with Crippen molar-refractivity contribution in [3.63, 3.8) is 0 Å². The monoisotopic (exact) mass is 345 g/mol. The molecule has 2 aromatic rings. The molecule has 6 heteroatoms. The number of hydrogen-bond acceptors (Lipinski definition) is 4. The topological polar surface area (TPSA) is 72.5 Å². The maximum absolute atomic E-state index is 12.1. The zero-order valence-corrected chi connectivity index (χ0v) is 13.9. The van der Waals surface area contributed by atoms with Crippen LogP contribution in [0.25, 0.3) is 0 Å².